The Morgan fingerprint density at radius 3 is 2.93 bits per heavy atom. The lowest BCUT2D eigenvalue weighted by atomic mass is 10.3. The van der Waals surface area contributed by atoms with Crippen molar-refractivity contribution in [1.82, 2.24) is 9.55 Å². The first-order valence-corrected chi connectivity index (χ1v) is 10.7. The number of hydrogen-bond acceptors (Lipinski definition) is 7. The van der Waals surface area contributed by atoms with Crippen molar-refractivity contribution in [2.24, 2.45) is 0 Å². The number of nitrogens with zero attached hydrogens (tertiary/aromatic N) is 2. The van der Waals surface area contributed by atoms with Gasteiger partial charge in [-0.1, -0.05) is 24.8 Å². The van der Waals surface area contributed by atoms with E-state index in [1.54, 1.807) is 24.7 Å². The topological polar surface area (TPSA) is 70.4 Å². The molecule has 0 spiro atoms. The van der Waals surface area contributed by atoms with E-state index in [9.17, 15) is 9.59 Å². The van der Waals surface area contributed by atoms with Crippen LogP contribution in [0.4, 0.5) is 0 Å². The lowest BCUT2D eigenvalue weighted by Crippen LogP contribution is -2.26. The minimum Gasteiger partial charge on any atom is -0.497 e. The number of esters is 1. The zero-order valence-electron chi connectivity index (χ0n) is 15.6. The molecule has 0 unspecified atom stereocenters. The lowest BCUT2D eigenvalue weighted by molar-refractivity contribution is -0.142. The van der Waals surface area contributed by atoms with Gasteiger partial charge in [-0.15, -0.1) is 11.8 Å². The van der Waals surface area contributed by atoms with Gasteiger partial charge in [0.2, 0.25) is 0 Å². The van der Waals surface area contributed by atoms with Crippen LogP contribution in [0.2, 0.25) is 0 Å². The zero-order chi connectivity index (χ0) is 19.4. The number of benzene rings is 1. The maximum Gasteiger partial charge on any atom is 0.319 e. The summed E-state index contributed by atoms with van der Waals surface area (Å²) in [5.41, 5.74) is 1.38. The van der Waals surface area contributed by atoms with E-state index < -0.39 is 5.25 Å². The molecule has 6 nitrogen and oxygen atoms in total. The van der Waals surface area contributed by atoms with Gasteiger partial charge in [0.15, 0.2) is 5.16 Å². The first-order valence-electron chi connectivity index (χ1n) is 8.85. The molecule has 0 amide bonds. The average molecular weight is 407 g/mol. The molecule has 1 aromatic heterocycles. The Morgan fingerprint density at radius 2 is 2.22 bits per heavy atom. The summed E-state index contributed by atoms with van der Waals surface area (Å²) < 4.78 is 12.0. The largest absolute Gasteiger partial charge is 0.497 e. The van der Waals surface area contributed by atoms with Crippen LogP contribution in [0.5, 0.6) is 5.75 Å². The van der Waals surface area contributed by atoms with Crippen LogP contribution in [0.1, 0.15) is 26.0 Å². The van der Waals surface area contributed by atoms with Gasteiger partial charge < -0.3 is 9.47 Å². The van der Waals surface area contributed by atoms with Crippen LogP contribution >= 0.6 is 23.5 Å². The first-order chi connectivity index (χ1) is 13.1. The van der Waals surface area contributed by atoms with Crippen molar-refractivity contribution in [3.8, 4) is 11.4 Å². The van der Waals surface area contributed by atoms with Crippen molar-refractivity contribution in [2.45, 2.75) is 42.0 Å². The number of carbonyl (C=O) groups is 1. The molecule has 0 radical (unpaired) electrons. The zero-order valence-corrected chi connectivity index (χ0v) is 17.2. The monoisotopic (exact) mass is 406 g/mol. The highest BCUT2D eigenvalue weighted by Gasteiger charge is 2.27. The van der Waals surface area contributed by atoms with Gasteiger partial charge in [0.25, 0.3) is 5.56 Å². The number of aromatic nitrogens is 2. The summed E-state index contributed by atoms with van der Waals surface area (Å²) in [6.45, 7) is 4.03. The van der Waals surface area contributed by atoms with Crippen LogP contribution in [-0.2, 0) is 16.0 Å². The molecule has 1 aliphatic heterocycles. The highest BCUT2D eigenvalue weighted by atomic mass is 32.2. The standard InChI is InChI=1S/C19H22N2O4S2/c1-4-15(18(23)25-5-2)27-19-20-14-9-10-26-16(14)17(22)21(19)12-7-6-8-13(11-12)24-3/h6-8,11,15H,4-5,9-10H2,1-3H3/t15-/m0/s1. The van der Waals surface area contributed by atoms with E-state index in [0.29, 0.717) is 34.5 Å². The van der Waals surface area contributed by atoms with Crippen molar-refractivity contribution in [3.05, 3.63) is 40.3 Å². The quantitative estimate of drug-likeness (QED) is 0.397. The summed E-state index contributed by atoms with van der Waals surface area (Å²) >= 11 is 2.81. The molecule has 0 saturated carbocycles. The molecule has 1 aromatic carbocycles. The smallest absolute Gasteiger partial charge is 0.319 e. The molecule has 0 fully saturated rings. The van der Waals surface area contributed by atoms with Crippen LogP contribution in [0.3, 0.4) is 0 Å². The Balaban J connectivity index is 2.10. The second-order valence-corrected chi connectivity index (χ2v) is 8.15. The van der Waals surface area contributed by atoms with Crippen molar-refractivity contribution in [2.75, 3.05) is 19.5 Å². The second kappa shape index (κ2) is 8.84. The molecule has 0 aliphatic carbocycles. The minimum atomic E-state index is -0.416. The molecule has 144 valence electrons. The Bertz CT molecular complexity index is 898. The van der Waals surface area contributed by atoms with Crippen LogP contribution in [0.25, 0.3) is 5.69 Å². The van der Waals surface area contributed by atoms with E-state index >= 15 is 0 Å². The number of ether oxygens (including phenoxy) is 2. The molecule has 1 atom stereocenters. The SMILES string of the molecule is CCOC(=O)[C@H](CC)Sc1nc2c(c(=O)n1-c1cccc(OC)c1)SCC2. The molecule has 8 heteroatoms. The van der Waals surface area contributed by atoms with E-state index in [1.165, 1.54) is 23.5 Å². The number of methoxy groups -OCH3 is 1. The van der Waals surface area contributed by atoms with Crippen LogP contribution in [-0.4, -0.2) is 40.2 Å². The molecule has 0 saturated heterocycles. The van der Waals surface area contributed by atoms with E-state index in [4.69, 9.17) is 14.5 Å². The molecule has 2 aromatic rings. The first kappa shape index (κ1) is 19.8. The van der Waals surface area contributed by atoms with E-state index in [-0.39, 0.29) is 11.5 Å². The van der Waals surface area contributed by atoms with Crippen molar-refractivity contribution in [3.63, 3.8) is 0 Å². The molecular weight excluding hydrogens is 384 g/mol. The molecular formula is C19H22N2O4S2. The van der Waals surface area contributed by atoms with Gasteiger partial charge >= 0.3 is 5.97 Å². The van der Waals surface area contributed by atoms with Crippen LogP contribution in [0, 0.1) is 0 Å². The Hall–Kier alpha value is -1.93. The fourth-order valence-corrected chi connectivity index (χ4v) is 4.88. The highest BCUT2D eigenvalue weighted by molar-refractivity contribution is 8.00. The molecule has 27 heavy (non-hydrogen) atoms. The molecule has 0 bridgehead atoms. The summed E-state index contributed by atoms with van der Waals surface area (Å²) in [5.74, 6) is 1.21. The van der Waals surface area contributed by atoms with E-state index in [1.807, 2.05) is 25.1 Å². The third kappa shape index (κ3) is 4.16. The predicted octanol–water partition coefficient (Wildman–Crippen LogP) is 3.32. The number of hydrogen-bond donors (Lipinski definition) is 0. The fraction of sp³-hybridized carbons (Fsp3) is 0.421. The van der Waals surface area contributed by atoms with Gasteiger partial charge in [-0.3, -0.25) is 14.2 Å². The summed E-state index contributed by atoms with van der Waals surface area (Å²) in [6, 6.07) is 7.29. The summed E-state index contributed by atoms with van der Waals surface area (Å²) in [6.07, 6.45) is 1.35. The van der Waals surface area contributed by atoms with Crippen LogP contribution in [0.15, 0.2) is 39.1 Å². The van der Waals surface area contributed by atoms with Gasteiger partial charge in [0.05, 0.1) is 30.0 Å². The average Bonchev–Trinajstić information content (AvgIpc) is 3.15. The van der Waals surface area contributed by atoms with Crippen molar-refractivity contribution >= 4 is 29.5 Å². The maximum atomic E-state index is 13.2. The predicted molar refractivity (Wildman–Crippen MR) is 107 cm³/mol. The Kier molecular flexibility index (Phi) is 6.49. The van der Waals surface area contributed by atoms with Gasteiger partial charge in [0, 0.05) is 18.2 Å². The highest BCUT2D eigenvalue weighted by Crippen LogP contribution is 2.32. The number of thioether (sulfide) groups is 2. The third-order valence-electron chi connectivity index (χ3n) is 4.15. The number of fused-ring (bicyclic) bond motifs is 1. The molecule has 2 heterocycles. The van der Waals surface area contributed by atoms with Gasteiger partial charge in [-0.25, -0.2) is 4.98 Å². The van der Waals surface area contributed by atoms with Crippen LogP contribution < -0.4 is 10.3 Å². The fourth-order valence-electron chi connectivity index (χ4n) is 2.81. The van der Waals surface area contributed by atoms with Gasteiger partial charge in [-0.2, -0.15) is 0 Å². The molecule has 0 N–H and O–H groups in total. The number of aryl methyl sites for hydroxylation is 1. The summed E-state index contributed by atoms with van der Waals surface area (Å²) in [4.78, 5) is 30.9. The molecule has 3 rings (SSSR count). The maximum absolute atomic E-state index is 13.2. The van der Waals surface area contributed by atoms with Gasteiger partial charge in [0.1, 0.15) is 11.0 Å². The number of carbonyl (C=O) groups excluding carboxylic acids is 1. The normalized spacial score (nSPS) is 13.9. The summed E-state index contributed by atoms with van der Waals surface area (Å²) in [7, 11) is 1.59. The summed E-state index contributed by atoms with van der Waals surface area (Å²) in [5, 5.41) is 0.0928. The minimum absolute atomic E-state index is 0.100. The van der Waals surface area contributed by atoms with E-state index in [0.717, 1.165) is 17.9 Å². The molecule has 1 aliphatic rings. The Labute approximate surface area is 166 Å². The Morgan fingerprint density at radius 1 is 1.41 bits per heavy atom. The second-order valence-electron chi connectivity index (χ2n) is 5.88. The van der Waals surface area contributed by atoms with Crippen molar-refractivity contribution < 1.29 is 14.3 Å². The van der Waals surface area contributed by atoms with Gasteiger partial charge in [-0.05, 0) is 25.5 Å². The lowest BCUT2D eigenvalue weighted by Gasteiger charge is -2.18. The van der Waals surface area contributed by atoms with Crippen molar-refractivity contribution in [1.29, 1.82) is 0 Å². The van der Waals surface area contributed by atoms with E-state index in [2.05, 4.69) is 0 Å². The number of rotatable bonds is 7. The third-order valence-corrected chi connectivity index (χ3v) is 6.55.